The van der Waals surface area contributed by atoms with Crippen LogP contribution in [-0.2, 0) is 14.4 Å². The van der Waals surface area contributed by atoms with E-state index in [1.807, 2.05) is 20.0 Å². The normalized spacial score (nSPS) is 20.0. The summed E-state index contributed by atoms with van der Waals surface area (Å²) in [5, 5.41) is 3.67. The minimum atomic E-state index is -0.572. The van der Waals surface area contributed by atoms with Crippen molar-refractivity contribution in [1.82, 2.24) is 4.90 Å². The molecule has 0 saturated heterocycles. The summed E-state index contributed by atoms with van der Waals surface area (Å²) in [4.78, 5) is 42.1. The third-order valence-electron chi connectivity index (χ3n) is 8.34. The van der Waals surface area contributed by atoms with E-state index in [2.05, 4.69) is 37.9 Å². The third kappa shape index (κ3) is 5.86. The van der Waals surface area contributed by atoms with E-state index in [4.69, 9.17) is 39.5 Å². The number of nitrogens with one attached hydrogen (secondary N) is 1. The minimum absolute atomic E-state index is 0.0303. The molecule has 2 aromatic rings. The summed E-state index contributed by atoms with van der Waals surface area (Å²) >= 11 is 19.6. The number of nitrogens with zero attached hydrogens (tertiary/aromatic N) is 1. The van der Waals surface area contributed by atoms with Gasteiger partial charge in [0, 0.05) is 59.1 Å². The highest BCUT2D eigenvalue weighted by atomic mass is 35.5. The Labute approximate surface area is 262 Å². The third-order valence-corrected chi connectivity index (χ3v) is 9.31. The lowest BCUT2D eigenvalue weighted by atomic mass is 9.64. The number of ether oxygens (including phenoxy) is 1. The molecule has 0 fully saturated rings. The van der Waals surface area contributed by atoms with Crippen LogP contribution in [0.2, 0.25) is 15.1 Å². The molecule has 1 amide bonds. The SMILES string of the molecule is Cc1ccc(NC(=O)COc2c(Cl)cc(C3C4=C(CC(C)(C)CC4=O)N(C)C4=C3C(=O)CC(C)(C)C4)cc2Cl)cc1Cl. The number of hydrogen-bond donors (Lipinski definition) is 1. The summed E-state index contributed by atoms with van der Waals surface area (Å²) in [7, 11) is 1.97. The molecule has 1 N–H and O–H groups in total. The number of Topliss-reactive ketones (excluding diaryl/α,β-unsaturated/α-hetero) is 2. The first-order chi connectivity index (χ1) is 19.6. The number of anilines is 1. The Bertz CT molecular complexity index is 1510. The van der Waals surface area contributed by atoms with Gasteiger partial charge in [0.15, 0.2) is 23.9 Å². The van der Waals surface area contributed by atoms with E-state index in [1.54, 1.807) is 24.3 Å². The van der Waals surface area contributed by atoms with Gasteiger partial charge in [-0.15, -0.1) is 0 Å². The lowest BCUT2D eigenvalue weighted by molar-refractivity contribution is -0.120. The Balaban J connectivity index is 1.49. The highest BCUT2D eigenvalue weighted by molar-refractivity contribution is 6.37. The van der Waals surface area contributed by atoms with Crippen molar-refractivity contribution in [2.45, 2.75) is 66.2 Å². The van der Waals surface area contributed by atoms with Crippen molar-refractivity contribution in [2.24, 2.45) is 10.8 Å². The average Bonchev–Trinajstić information content (AvgIpc) is 2.85. The van der Waals surface area contributed by atoms with Gasteiger partial charge in [-0.25, -0.2) is 0 Å². The fourth-order valence-electron chi connectivity index (χ4n) is 6.39. The van der Waals surface area contributed by atoms with Crippen molar-refractivity contribution in [3.63, 3.8) is 0 Å². The summed E-state index contributed by atoms with van der Waals surface area (Å²) in [5.74, 6) is -0.762. The van der Waals surface area contributed by atoms with Gasteiger partial charge < -0.3 is 15.0 Å². The monoisotopic (exact) mass is 628 g/mol. The molecule has 0 saturated carbocycles. The van der Waals surface area contributed by atoms with Crippen molar-refractivity contribution in [2.75, 3.05) is 19.0 Å². The Morgan fingerprint density at radius 2 is 1.40 bits per heavy atom. The van der Waals surface area contributed by atoms with Crippen LogP contribution < -0.4 is 10.1 Å². The number of halogens is 3. The fourth-order valence-corrected chi connectivity index (χ4v) is 7.18. The van der Waals surface area contributed by atoms with Crippen molar-refractivity contribution >= 4 is 58.0 Å². The van der Waals surface area contributed by atoms with Crippen LogP contribution in [0.1, 0.15) is 70.4 Å². The van der Waals surface area contributed by atoms with E-state index in [-0.39, 0.29) is 44.8 Å². The lowest BCUT2D eigenvalue weighted by Crippen LogP contribution is -2.43. The number of benzene rings is 2. The number of ketones is 2. The molecule has 1 heterocycles. The Hall–Kier alpha value is -2.80. The fraction of sp³-hybridized carbons (Fsp3) is 0.424. The Kier molecular flexibility index (Phi) is 8.06. The van der Waals surface area contributed by atoms with Gasteiger partial charge in [0.1, 0.15) is 0 Å². The quantitative estimate of drug-likeness (QED) is 0.360. The van der Waals surface area contributed by atoms with Crippen LogP contribution in [0.25, 0.3) is 0 Å². The van der Waals surface area contributed by atoms with Crippen LogP contribution in [-0.4, -0.2) is 36.0 Å². The summed E-state index contributed by atoms with van der Waals surface area (Å²) in [5.41, 5.74) is 4.89. The molecule has 0 spiro atoms. The molecule has 3 aliphatic rings. The molecular formula is C33H35Cl3N2O4. The molecule has 0 unspecified atom stereocenters. The van der Waals surface area contributed by atoms with E-state index < -0.39 is 11.8 Å². The summed E-state index contributed by atoms with van der Waals surface area (Å²) < 4.78 is 5.75. The topological polar surface area (TPSA) is 75.7 Å². The van der Waals surface area contributed by atoms with Crippen LogP contribution in [0.5, 0.6) is 5.75 Å². The van der Waals surface area contributed by atoms with Gasteiger partial charge in [-0.2, -0.15) is 0 Å². The Morgan fingerprint density at radius 1 is 0.881 bits per heavy atom. The molecule has 2 aromatic carbocycles. The number of allylic oxidation sites excluding steroid dienone is 4. The highest BCUT2D eigenvalue weighted by Crippen LogP contribution is 2.54. The van der Waals surface area contributed by atoms with Gasteiger partial charge in [0.05, 0.1) is 10.0 Å². The summed E-state index contributed by atoms with van der Waals surface area (Å²) in [6, 6.07) is 8.63. The molecule has 0 bridgehead atoms. The number of hydrogen-bond acceptors (Lipinski definition) is 5. The molecule has 0 radical (unpaired) electrons. The van der Waals surface area contributed by atoms with E-state index in [0.717, 1.165) is 29.8 Å². The maximum atomic E-state index is 13.7. The van der Waals surface area contributed by atoms with Crippen molar-refractivity contribution < 1.29 is 19.1 Å². The van der Waals surface area contributed by atoms with Crippen LogP contribution in [0, 0.1) is 17.8 Å². The molecule has 42 heavy (non-hydrogen) atoms. The highest BCUT2D eigenvalue weighted by Gasteiger charge is 2.48. The molecule has 0 atom stereocenters. The van der Waals surface area contributed by atoms with Gasteiger partial charge >= 0.3 is 0 Å². The molecule has 5 rings (SSSR count). The summed E-state index contributed by atoms with van der Waals surface area (Å²) in [6.45, 7) is 9.94. The number of rotatable bonds is 5. The van der Waals surface area contributed by atoms with E-state index in [1.165, 1.54) is 0 Å². The minimum Gasteiger partial charge on any atom is -0.481 e. The molecule has 9 heteroatoms. The van der Waals surface area contributed by atoms with Crippen molar-refractivity contribution in [3.8, 4) is 5.75 Å². The van der Waals surface area contributed by atoms with Gasteiger partial charge in [-0.1, -0.05) is 68.6 Å². The van der Waals surface area contributed by atoms with Crippen LogP contribution in [0.15, 0.2) is 52.9 Å². The standard InChI is InChI=1S/C33H35Cl3N2O4/c1-17-7-8-19(11-20(17)34)37-27(41)16-42-31-21(35)9-18(10-22(31)36)28-29-23(12-32(2,3)14-25(29)39)38(6)24-13-33(4,5)15-26(40)30(24)28/h7-11,28H,12-16H2,1-6H3,(H,37,41). The predicted molar refractivity (Wildman–Crippen MR) is 167 cm³/mol. The van der Waals surface area contributed by atoms with E-state index >= 15 is 0 Å². The second-order valence-electron chi connectivity index (χ2n) is 13.2. The number of carbonyl (C=O) groups is 3. The first kappa shape index (κ1) is 30.7. The van der Waals surface area contributed by atoms with Crippen molar-refractivity contribution in [3.05, 3.63) is 79.1 Å². The van der Waals surface area contributed by atoms with Crippen LogP contribution in [0.3, 0.4) is 0 Å². The first-order valence-corrected chi connectivity index (χ1v) is 15.1. The van der Waals surface area contributed by atoms with Gasteiger partial charge in [0.25, 0.3) is 5.91 Å². The average molecular weight is 630 g/mol. The maximum absolute atomic E-state index is 13.7. The molecule has 0 aromatic heterocycles. The zero-order valence-corrected chi connectivity index (χ0v) is 27.0. The molecular weight excluding hydrogens is 595 g/mol. The molecule has 1 aliphatic heterocycles. The number of amides is 1. The van der Waals surface area contributed by atoms with Crippen molar-refractivity contribution in [1.29, 1.82) is 0 Å². The first-order valence-electron chi connectivity index (χ1n) is 14.0. The summed E-state index contributed by atoms with van der Waals surface area (Å²) in [6.07, 6.45) is 2.22. The van der Waals surface area contributed by atoms with E-state index in [9.17, 15) is 14.4 Å². The number of aryl methyl sites for hydroxylation is 1. The second kappa shape index (κ2) is 11.0. The zero-order valence-electron chi connectivity index (χ0n) is 24.7. The second-order valence-corrected chi connectivity index (χ2v) is 14.4. The maximum Gasteiger partial charge on any atom is 0.262 e. The molecule has 222 valence electrons. The predicted octanol–water partition coefficient (Wildman–Crippen LogP) is 8.29. The molecule has 6 nitrogen and oxygen atoms in total. The largest absolute Gasteiger partial charge is 0.481 e. The zero-order chi connectivity index (χ0) is 30.7. The van der Waals surface area contributed by atoms with Gasteiger partial charge in [-0.3, -0.25) is 14.4 Å². The Morgan fingerprint density at radius 3 is 1.90 bits per heavy atom. The van der Waals surface area contributed by atoms with Crippen LogP contribution >= 0.6 is 34.8 Å². The lowest BCUT2D eigenvalue weighted by Gasteiger charge is -2.48. The van der Waals surface area contributed by atoms with Crippen LogP contribution in [0.4, 0.5) is 5.69 Å². The van der Waals surface area contributed by atoms with Gasteiger partial charge in [0.2, 0.25) is 0 Å². The smallest absolute Gasteiger partial charge is 0.262 e. The molecule has 2 aliphatic carbocycles. The number of carbonyl (C=O) groups excluding carboxylic acids is 3. The van der Waals surface area contributed by atoms with E-state index in [0.29, 0.717) is 40.3 Å². The van der Waals surface area contributed by atoms with Gasteiger partial charge in [-0.05, 0) is 66.0 Å².